The molecule has 0 unspecified atom stereocenters. The fourth-order valence-corrected chi connectivity index (χ4v) is 3.37. The Labute approximate surface area is 180 Å². The summed E-state index contributed by atoms with van der Waals surface area (Å²) < 4.78 is 2.21. The average molecular weight is 418 g/mol. The lowest BCUT2D eigenvalue weighted by atomic mass is 10.0. The third kappa shape index (κ3) is 4.66. The second kappa shape index (κ2) is 8.71. The molecule has 1 aliphatic rings. The molecule has 7 heteroatoms. The summed E-state index contributed by atoms with van der Waals surface area (Å²) >= 11 is 0. The number of nitrogens with one attached hydrogen (secondary N) is 1. The van der Waals surface area contributed by atoms with Crippen LogP contribution in [0.3, 0.4) is 0 Å². The van der Waals surface area contributed by atoms with Crippen LogP contribution in [0.2, 0.25) is 0 Å². The smallest absolute Gasteiger partial charge is 0.350 e. The lowest BCUT2D eigenvalue weighted by Crippen LogP contribution is -2.46. The van der Waals surface area contributed by atoms with Gasteiger partial charge in [-0.3, -0.25) is 14.2 Å². The van der Waals surface area contributed by atoms with Crippen molar-refractivity contribution in [3.63, 3.8) is 0 Å². The third-order valence-corrected chi connectivity index (χ3v) is 5.51. The van der Waals surface area contributed by atoms with E-state index in [4.69, 9.17) is 0 Å². The average Bonchev–Trinajstić information content (AvgIpc) is 3.60. The van der Waals surface area contributed by atoms with E-state index in [1.54, 1.807) is 12.1 Å². The Morgan fingerprint density at radius 1 is 1.06 bits per heavy atom. The molecule has 1 fully saturated rings. The number of carbonyl (C=O) groups excluding carboxylic acids is 1. The number of benzene rings is 2. The predicted octanol–water partition coefficient (Wildman–Crippen LogP) is 2.71. The summed E-state index contributed by atoms with van der Waals surface area (Å²) in [5, 5.41) is 6.96. The van der Waals surface area contributed by atoms with E-state index >= 15 is 0 Å². The van der Waals surface area contributed by atoms with Crippen molar-refractivity contribution in [3.8, 4) is 5.69 Å². The minimum Gasteiger partial charge on any atom is -0.350 e. The van der Waals surface area contributed by atoms with Gasteiger partial charge in [0.15, 0.2) is 0 Å². The van der Waals surface area contributed by atoms with Crippen LogP contribution in [0.1, 0.15) is 54.2 Å². The Morgan fingerprint density at radius 2 is 1.74 bits per heavy atom. The van der Waals surface area contributed by atoms with Crippen LogP contribution in [0.25, 0.3) is 5.69 Å². The molecule has 0 atom stereocenters. The number of amides is 1. The monoisotopic (exact) mass is 418 g/mol. The fourth-order valence-electron chi connectivity index (χ4n) is 3.37. The molecule has 0 spiro atoms. The first kappa shape index (κ1) is 20.8. The van der Waals surface area contributed by atoms with Crippen molar-refractivity contribution >= 4 is 5.91 Å². The molecule has 0 saturated heterocycles. The van der Waals surface area contributed by atoms with Gasteiger partial charge in [-0.1, -0.05) is 56.3 Å². The van der Waals surface area contributed by atoms with Crippen LogP contribution in [0.5, 0.6) is 0 Å². The lowest BCUT2D eigenvalue weighted by Gasteiger charge is -2.13. The predicted molar refractivity (Wildman–Crippen MR) is 119 cm³/mol. The van der Waals surface area contributed by atoms with Crippen LogP contribution in [-0.2, 0) is 6.54 Å². The van der Waals surface area contributed by atoms with Crippen LogP contribution in [0.4, 0.5) is 0 Å². The van der Waals surface area contributed by atoms with E-state index in [2.05, 4.69) is 24.3 Å². The van der Waals surface area contributed by atoms with Crippen molar-refractivity contribution in [2.24, 2.45) is 5.92 Å². The highest BCUT2D eigenvalue weighted by atomic mass is 16.2. The second-order valence-electron chi connectivity index (χ2n) is 8.32. The number of hydrogen-bond donors (Lipinski definition) is 1. The van der Waals surface area contributed by atoms with Gasteiger partial charge in [-0.05, 0) is 47.9 Å². The minimum atomic E-state index is -0.683. The van der Waals surface area contributed by atoms with Gasteiger partial charge in [0.05, 0.1) is 12.2 Å². The zero-order valence-electron chi connectivity index (χ0n) is 17.7. The standard InChI is InChI=1S/C24H26N4O3/c1-16(2)19-10-12-20(13-11-19)28-24(31)27(15-18-6-4-3-5-7-18)23(30)21(26-28)22(29)25-14-17-8-9-17/h3-7,10-13,16-17H,8-9,14-15H2,1-2H3,(H,25,29). The molecule has 0 aliphatic heterocycles. The van der Waals surface area contributed by atoms with Crippen molar-refractivity contribution < 1.29 is 4.79 Å². The molecule has 4 rings (SSSR count). The van der Waals surface area contributed by atoms with Crippen LogP contribution in [-0.4, -0.2) is 26.8 Å². The largest absolute Gasteiger partial charge is 0.352 e. The highest BCUT2D eigenvalue weighted by molar-refractivity contribution is 5.91. The van der Waals surface area contributed by atoms with Gasteiger partial charge in [-0.25, -0.2) is 4.79 Å². The number of carbonyl (C=O) groups is 1. The zero-order valence-corrected chi connectivity index (χ0v) is 17.7. The minimum absolute atomic E-state index is 0.0635. The Kier molecular flexibility index (Phi) is 5.84. The van der Waals surface area contributed by atoms with Crippen molar-refractivity contribution in [2.75, 3.05) is 6.54 Å². The van der Waals surface area contributed by atoms with Crippen molar-refractivity contribution in [1.82, 2.24) is 19.7 Å². The quantitative estimate of drug-likeness (QED) is 0.639. The van der Waals surface area contributed by atoms with Gasteiger partial charge >= 0.3 is 5.69 Å². The summed E-state index contributed by atoms with van der Waals surface area (Å²) in [7, 11) is 0. The Balaban J connectivity index is 1.79. The van der Waals surface area contributed by atoms with E-state index < -0.39 is 17.2 Å². The SMILES string of the molecule is CC(C)c1ccc(-n2nc(C(=O)NCC3CC3)c(=O)n(Cc3ccccc3)c2=O)cc1. The fraction of sp³-hybridized carbons (Fsp3) is 0.333. The maximum atomic E-state index is 13.2. The molecule has 1 heterocycles. The molecule has 1 saturated carbocycles. The van der Waals surface area contributed by atoms with E-state index in [-0.39, 0.29) is 12.2 Å². The molecular formula is C24H26N4O3. The van der Waals surface area contributed by atoms with Crippen LogP contribution in [0.15, 0.2) is 64.2 Å². The Hall–Kier alpha value is -3.48. The molecule has 0 bridgehead atoms. The number of hydrogen-bond acceptors (Lipinski definition) is 4. The number of aromatic nitrogens is 3. The van der Waals surface area contributed by atoms with Crippen LogP contribution in [0, 0.1) is 5.92 Å². The molecule has 1 N–H and O–H groups in total. The molecule has 31 heavy (non-hydrogen) atoms. The highest BCUT2D eigenvalue weighted by Gasteiger charge is 2.25. The maximum Gasteiger partial charge on any atom is 0.352 e. The molecule has 1 amide bonds. The van der Waals surface area contributed by atoms with E-state index in [0.29, 0.717) is 24.1 Å². The van der Waals surface area contributed by atoms with Gasteiger partial charge in [0, 0.05) is 6.54 Å². The van der Waals surface area contributed by atoms with E-state index in [1.807, 2.05) is 42.5 Å². The molecule has 0 radical (unpaired) electrons. The van der Waals surface area contributed by atoms with Gasteiger partial charge in [0.25, 0.3) is 11.5 Å². The molecule has 1 aliphatic carbocycles. The molecule has 1 aromatic heterocycles. The highest BCUT2D eigenvalue weighted by Crippen LogP contribution is 2.27. The summed E-state index contributed by atoms with van der Waals surface area (Å²) in [4.78, 5) is 39.0. The molecule has 2 aromatic carbocycles. The normalized spacial score (nSPS) is 13.4. The first-order valence-corrected chi connectivity index (χ1v) is 10.6. The Morgan fingerprint density at radius 3 is 2.35 bits per heavy atom. The summed E-state index contributed by atoms with van der Waals surface area (Å²) in [5.74, 6) is 0.255. The van der Waals surface area contributed by atoms with Crippen LogP contribution < -0.4 is 16.6 Å². The van der Waals surface area contributed by atoms with Gasteiger partial charge in [-0.2, -0.15) is 9.78 Å². The maximum absolute atomic E-state index is 13.2. The topological polar surface area (TPSA) is 86.0 Å². The molecular weight excluding hydrogens is 392 g/mol. The molecule has 7 nitrogen and oxygen atoms in total. The van der Waals surface area contributed by atoms with Gasteiger partial charge in [0.1, 0.15) is 0 Å². The molecule has 3 aromatic rings. The zero-order chi connectivity index (χ0) is 22.0. The number of rotatable bonds is 7. The van der Waals surface area contributed by atoms with Gasteiger partial charge < -0.3 is 5.32 Å². The van der Waals surface area contributed by atoms with Crippen molar-refractivity contribution in [3.05, 3.63) is 92.3 Å². The van der Waals surface area contributed by atoms with E-state index in [9.17, 15) is 14.4 Å². The van der Waals surface area contributed by atoms with E-state index in [0.717, 1.165) is 33.2 Å². The summed E-state index contributed by atoms with van der Waals surface area (Å²) in [5.41, 5.74) is 0.884. The number of nitrogens with zero attached hydrogens (tertiary/aromatic N) is 3. The lowest BCUT2D eigenvalue weighted by molar-refractivity contribution is 0.0942. The first-order valence-electron chi connectivity index (χ1n) is 10.6. The summed E-state index contributed by atoms with van der Waals surface area (Å²) in [6.07, 6.45) is 2.15. The first-order chi connectivity index (χ1) is 14.9. The third-order valence-electron chi connectivity index (χ3n) is 5.51. The molecule has 160 valence electrons. The Bertz CT molecular complexity index is 1190. The van der Waals surface area contributed by atoms with Crippen molar-refractivity contribution in [2.45, 2.75) is 39.2 Å². The van der Waals surface area contributed by atoms with Gasteiger partial charge in [-0.15, -0.1) is 0 Å². The summed E-state index contributed by atoms with van der Waals surface area (Å²) in [6.45, 7) is 4.75. The van der Waals surface area contributed by atoms with Crippen molar-refractivity contribution in [1.29, 1.82) is 0 Å². The van der Waals surface area contributed by atoms with E-state index in [1.165, 1.54) is 0 Å². The van der Waals surface area contributed by atoms with Crippen LogP contribution >= 0.6 is 0 Å². The second-order valence-corrected chi connectivity index (χ2v) is 8.32. The van der Waals surface area contributed by atoms with Gasteiger partial charge in [0.2, 0.25) is 5.69 Å². The summed E-state index contributed by atoms with van der Waals surface area (Å²) in [6, 6.07) is 16.6.